The van der Waals surface area contributed by atoms with Gasteiger partial charge in [0.25, 0.3) is 11.6 Å². The van der Waals surface area contributed by atoms with E-state index >= 15 is 0 Å². The molecule has 2 aromatic heterocycles. The quantitative estimate of drug-likeness (QED) is 0.160. The average Bonchev–Trinajstić information content (AvgIpc) is 3.35. The molecule has 0 aliphatic carbocycles. The van der Waals surface area contributed by atoms with Crippen molar-refractivity contribution in [3.05, 3.63) is 93.0 Å². The van der Waals surface area contributed by atoms with Crippen molar-refractivity contribution in [3.63, 3.8) is 0 Å². The maximum absolute atomic E-state index is 14.8. The number of nitro benzene ring substituents is 1. The Bertz CT molecular complexity index is 1640. The average molecular weight is 627 g/mol. The highest BCUT2D eigenvalue weighted by Crippen LogP contribution is 2.44. The molecule has 4 rings (SSSR count). The Kier molecular flexibility index (Phi) is 10.1. The second-order valence-electron chi connectivity index (χ2n) is 9.53. The molecule has 0 aliphatic rings. The van der Waals surface area contributed by atoms with Gasteiger partial charge in [0.2, 0.25) is 5.88 Å². The van der Waals surface area contributed by atoms with Gasteiger partial charge in [0.15, 0.2) is 5.82 Å². The standard InChI is InChI=1S/C29H28F2N6O6S/c1-5-43-29(39)36(16-19-21(30)7-6-8-22(19)31)28-25(27(38)32-23-13-14-24(42-4)34-33-23)20(15-35(2)3)26(44-28)17-9-11-18(12-10-17)37(40)41/h6-14H,5,15-16H2,1-4H3,(H,32,33,38). The van der Waals surface area contributed by atoms with Crippen LogP contribution in [0.2, 0.25) is 0 Å². The molecular weight excluding hydrogens is 598 g/mol. The van der Waals surface area contributed by atoms with Crippen LogP contribution in [0.5, 0.6) is 5.88 Å². The molecule has 12 nitrogen and oxygen atoms in total. The van der Waals surface area contributed by atoms with E-state index in [0.29, 0.717) is 16.0 Å². The Morgan fingerprint density at radius 2 is 1.68 bits per heavy atom. The molecule has 2 amide bonds. The summed E-state index contributed by atoms with van der Waals surface area (Å²) in [6.45, 7) is 1.11. The summed E-state index contributed by atoms with van der Waals surface area (Å²) in [6, 6.07) is 12.0. The molecule has 0 aliphatic heterocycles. The molecule has 0 spiro atoms. The van der Waals surface area contributed by atoms with E-state index in [1.165, 1.54) is 49.6 Å². The summed E-state index contributed by atoms with van der Waals surface area (Å²) >= 11 is 1.00. The molecule has 0 saturated carbocycles. The summed E-state index contributed by atoms with van der Waals surface area (Å²) in [5.74, 6) is -2.18. The molecule has 2 heterocycles. The number of hydrogen-bond acceptors (Lipinski definition) is 10. The highest BCUT2D eigenvalue weighted by Gasteiger charge is 2.33. The Balaban J connectivity index is 1.95. The van der Waals surface area contributed by atoms with Gasteiger partial charge >= 0.3 is 6.09 Å². The van der Waals surface area contributed by atoms with Crippen LogP contribution in [0.15, 0.2) is 54.6 Å². The van der Waals surface area contributed by atoms with E-state index in [1.807, 2.05) is 0 Å². The molecule has 0 bridgehead atoms. The van der Waals surface area contributed by atoms with E-state index in [0.717, 1.165) is 28.4 Å². The minimum Gasteiger partial charge on any atom is -0.480 e. The molecule has 44 heavy (non-hydrogen) atoms. The number of non-ortho nitro benzene ring substituents is 1. The van der Waals surface area contributed by atoms with Crippen LogP contribution in [0.4, 0.5) is 30.1 Å². The lowest BCUT2D eigenvalue weighted by molar-refractivity contribution is -0.384. The first-order valence-electron chi connectivity index (χ1n) is 13.1. The Labute approximate surface area is 255 Å². The Morgan fingerprint density at radius 3 is 2.23 bits per heavy atom. The predicted octanol–water partition coefficient (Wildman–Crippen LogP) is 5.88. The number of carbonyl (C=O) groups is 2. The highest BCUT2D eigenvalue weighted by atomic mass is 32.1. The number of benzene rings is 2. The van der Waals surface area contributed by atoms with Gasteiger partial charge in [0, 0.05) is 35.2 Å². The van der Waals surface area contributed by atoms with Gasteiger partial charge in [-0.1, -0.05) is 6.07 Å². The summed E-state index contributed by atoms with van der Waals surface area (Å²) in [5, 5.41) is 21.8. The third-order valence-corrected chi connectivity index (χ3v) is 7.54. The van der Waals surface area contributed by atoms with Crippen molar-refractivity contribution >= 4 is 39.8 Å². The molecule has 2 aromatic carbocycles. The molecule has 0 fully saturated rings. The lowest BCUT2D eigenvalue weighted by atomic mass is 10.0. The van der Waals surface area contributed by atoms with Crippen LogP contribution in [0.25, 0.3) is 10.4 Å². The third-order valence-electron chi connectivity index (χ3n) is 6.23. The first-order valence-corrected chi connectivity index (χ1v) is 14.0. The molecule has 0 radical (unpaired) electrons. The van der Waals surface area contributed by atoms with Crippen molar-refractivity contribution in [2.75, 3.05) is 38.0 Å². The summed E-state index contributed by atoms with van der Waals surface area (Å²) < 4.78 is 39.9. The molecule has 1 N–H and O–H groups in total. The largest absolute Gasteiger partial charge is 0.480 e. The fourth-order valence-electron chi connectivity index (χ4n) is 4.25. The maximum Gasteiger partial charge on any atom is 0.415 e. The van der Waals surface area contributed by atoms with Crippen LogP contribution < -0.4 is 15.0 Å². The maximum atomic E-state index is 14.8. The van der Waals surface area contributed by atoms with Crippen molar-refractivity contribution in [1.82, 2.24) is 15.1 Å². The number of aromatic nitrogens is 2. The Morgan fingerprint density at radius 1 is 1.00 bits per heavy atom. The number of rotatable bonds is 11. The van der Waals surface area contributed by atoms with Crippen LogP contribution in [-0.4, -0.2) is 59.8 Å². The highest BCUT2D eigenvalue weighted by molar-refractivity contribution is 7.20. The van der Waals surface area contributed by atoms with Crippen molar-refractivity contribution < 1.29 is 32.8 Å². The van der Waals surface area contributed by atoms with Crippen molar-refractivity contribution in [1.29, 1.82) is 0 Å². The van der Waals surface area contributed by atoms with E-state index in [1.54, 1.807) is 25.9 Å². The number of hydrogen-bond donors (Lipinski definition) is 1. The second-order valence-corrected chi connectivity index (χ2v) is 10.5. The zero-order chi connectivity index (χ0) is 32.0. The van der Waals surface area contributed by atoms with Crippen molar-refractivity contribution in [2.45, 2.75) is 20.0 Å². The number of nitrogens with zero attached hydrogens (tertiary/aromatic N) is 5. The van der Waals surface area contributed by atoms with E-state index in [4.69, 9.17) is 9.47 Å². The zero-order valence-corrected chi connectivity index (χ0v) is 25.0. The van der Waals surface area contributed by atoms with Gasteiger partial charge in [-0.3, -0.25) is 19.8 Å². The summed E-state index contributed by atoms with van der Waals surface area (Å²) in [5.41, 5.74) is 0.430. The van der Waals surface area contributed by atoms with E-state index in [-0.39, 0.29) is 41.1 Å². The smallest absolute Gasteiger partial charge is 0.415 e. The SMILES string of the molecule is CCOC(=O)N(Cc1c(F)cccc1F)c1sc(-c2ccc([N+](=O)[O-])cc2)c(CN(C)C)c1C(=O)Nc1ccc(OC)nn1. The van der Waals surface area contributed by atoms with E-state index in [9.17, 15) is 28.5 Å². The van der Waals surface area contributed by atoms with Gasteiger partial charge < -0.3 is 19.7 Å². The van der Waals surface area contributed by atoms with E-state index in [2.05, 4.69) is 15.5 Å². The van der Waals surface area contributed by atoms with Gasteiger partial charge in [-0.25, -0.2) is 13.6 Å². The van der Waals surface area contributed by atoms with E-state index < -0.39 is 40.7 Å². The third kappa shape index (κ3) is 7.12. The topological polar surface area (TPSA) is 140 Å². The van der Waals surface area contributed by atoms with Crippen LogP contribution in [0.1, 0.15) is 28.4 Å². The summed E-state index contributed by atoms with van der Waals surface area (Å²) in [7, 11) is 4.95. The number of nitrogens with one attached hydrogen (secondary N) is 1. The molecule has 15 heteroatoms. The fraction of sp³-hybridized carbons (Fsp3) is 0.241. The summed E-state index contributed by atoms with van der Waals surface area (Å²) in [6.07, 6.45) is -0.943. The lowest BCUT2D eigenvalue weighted by Crippen LogP contribution is -2.33. The number of anilines is 2. The molecule has 0 unspecified atom stereocenters. The van der Waals surface area contributed by atoms with Crippen molar-refractivity contribution in [2.24, 2.45) is 0 Å². The van der Waals surface area contributed by atoms with Crippen LogP contribution in [0, 0.1) is 21.7 Å². The number of thiophene rings is 1. The van der Waals surface area contributed by atoms with Crippen LogP contribution >= 0.6 is 11.3 Å². The van der Waals surface area contributed by atoms with Crippen molar-refractivity contribution in [3.8, 4) is 16.3 Å². The molecule has 0 atom stereocenters. The van der Waals surface area contributed by atoms with Gasteiger partial charge in [0.05, 0.1) is 30.7 Å². The van der Waals surface area contributed by atoms with Gasteiger partial charge in [-0.15, -0.1) is 21.5 Å². The lowest BCUT2D eigenvalue weighted by Gasteiger charge is -2.23. The fourth-order valence-corrected chi connectivity index (χ4v) is 5.55. The number of carbonyl (C=O) groups excluding carboxylic acids is 2. The normalized spacial score (nSPS) is 10.9. The zero-order valence-electron chi connectivity index (χ0n) is 24.2. The first-order chi connectivity index (χ1) is 21.0. The second kappa shape index (κ2) is 14.0. The van der Waals surface area contributed by atoms with Gasteiger partial charge in [-0.05, 0) is 62.5 Å². The van der Waals surface area contributed by atoms with Crippen LogP contribution in [-0.2, 0) is 17.8 Å². The number of ether oxygens (including phenoxy) is 2. The predicted molar refractivity (Wildman–Crippen MR) is 160 cm³/mol. The minimum absolute atomic E-state index is 0.0134. The minimum atomic E-state index is -0.943. The van der Waals surface area contributed by atoms with Gasteiger partial charge in [0.1, 0.15) is 16.6 Å². The summed E-state index contributed by atoms with van der Waals surface area (Å²) in [4.78, 5) is 41.4. The Hall–Kier alpha value is -5.02. The van der Waals surface area contributed by atoms with Gasteiger partial charge in [-0.2, -0.15) is 0 Å². The molecule has 0 saturated heterocycles. The number of halogens is 2. The number of methoxy groups -OCH3 is 1. The number of nitro groups is 1. The first kappa shape index (κ1) is 31.9. The monoisotopic (exact) mass is 626 g/mol. The molecular formula is C29H28F2N6O6S. The number of amides is 2. The molecule has 4 aromatic rings. The van der Waals surface area contributed by atoms with Crippen LogP contribution in [0.3, 0.4) is 0 Å². The molecule has 230 valence electrons.